The van der Waals surface area contributed by atoms with Crippen molar-refractivity contribution in [2.45, 2.75) is 20.3 Å². The minimum Gasteiger partial charge on any atom is -0.295 e. The maximum absolute atomic E-state index is 10.7. The van der Waals surface area contributed by atoms with Gasteiger partial charge in [-0.3, -0.25) is 4.79 Å². The van der Waals surface area contributed by atoms with E-state index in [4.69, 9.17) is 0 Å². The van der Waals surface area contributed by atoms with Gasteiger partial charge in [-0.25, -0.2) is 0 Å². The van der Waals surface area contributed by atoms with Gasteiger partial charge in [0.25, 0.3) is 0 Å². The van der Waals surface area contributed by atoms with E-state index in [0.717, 1.165) is 12.0 Å². The number of carbonyl (C=O) groups excluding carboxylic acids is 1. The van der Waals surface area contributed by atoms with Gasteiger partial charge in [0.05, 0.1) is 0 Å². The van der Waals surface area contributed by atoms with Crippen molar-refractivity contribution in [1.82, 2.24) is 0 Å². The van der Waals surface area contributed by atoms with E-state index < -0.39 is 0 Å². The van der Waals surface area contributed by atoms with Crippen LogP contribution in [0.25, 0.3) is 6.08 Å². The summed E-state index contributed by atoms with van der Waals surface area (Å²) in [6, 6.07) is 8.20. The van der Waals surface area contributed by atoms with Crippen molar-refractivity contribution in [3.05, 3.63) is 41.5 Å². The zero-order chi connectivity index (χ0) is 9.68. The van der Waals surface area contributed by atoms with E-state index in [1.807, 2.05) is 18.2 Å². The van der Waals surface area contributed by atoms with Crippen molar-refractivity contribution >= 4 is 11.9 Å². The van der Waals surface area contributed by atoms with Crippen molar-refractivity contribution in [1.29, 1.82) is 0 Å². The lowest BCUT2D eigenvalue weighted by molar-refractivity contribution is -0.112. The number of aryl methyl sites for hydroxylation is 1. The maximum atomic E-state index is 10.7. The first kappa shape index (κ1) is 9.72. The Labute approximate surface area is 79.1 Å². The molecule has 1 rings (SSSR count). The molecule has 1 heteroatoms. The lowest BCUT2D eigenvalue weighted by atomic mass is 10.1. The number of ketones is 1. The maximum Gasteiger partial charge on any atom is 0.152 e. The van der Waals surface area contributed by atoms with E-state index in [-0.39, 0.29) is 5.78 Å². The van der Waals surface area contributed by atoms with Crippen LogP contribution in [0, 0.1) is 0 Å². The molecule has 0 heterocycles. The minimum atomic E-state index is 0.0851. The van der Waals surface area contributed by atoms with Crippen LogP contribution in [-0.2, 0) is 11.2 Å². The van der Waals surface area contributed by atoms with E-state index >= 15 is 0 Å². The molecule has 0 unspecified atom stereocenters. The smallest absolute Gasteiger partial charge is 0.152 e. The molecule has 0 aliphatic rings. The van der Waals surface area contributed by atoms with Gasteiger partial charge in [-0.15, -0.1) is 0 Å². The number of carbonyl (C=O) groups is 1. The van der Waals surface area contributed by atoms with Gasteiger partial charge < -0.3 is 0 Å². The summed E-state index contributed by atoms with van der Waals surface area (Å²) in [5.74, 6) is 0.0851. The van der Waals surface area contributed by atoms with Gasteiger partial charge in [0.15, 0.2) is 5.78 Å². The van der Waals surface area contributed by atoms with Gasteiger partial charge in [-0.1, -0.05) is 37.3 Å². The van der Waals surface area contributed by atoms with Gasteiger partial charge in [0.1, 0.15) is 0 Å². The van der Waals surface area contributed by atoms with E-state index in [1.165, 1.54) is 5.56 Å². The van der Waals surface area contributed by atoms with E-state index in [9.17, 15) is 4.79 Å². The second kappa shape index (κ2) is 4.61. The fraction of sp³-hybridized carbons (Fsp3) is 0.250. The lowest BCUT2D eigenvalue weighted by Gasteiger charge is -1.97. The molecule has 0 amide bonds. The van der Waals surface area contributed by atoms with Crippen molar-refractivity contribution in [3.63, 3.8) is 0 Å². The van der Waals surface area contributed by atoms with Crippen LogP contribution in [0.3, 0.4) is 0 Å². The largest absolute Gasteiger partial charge is 0.295 e. The van der Waals surface area contributed by atoms with Crippen LogP contribution in [0.15, 0.2) is 30.3 Å². The normalized spacial score (nSPS) is 10.6. The van der Waals surface area contributed by atoms with Gasteiger partial charge in [-0.05, 0) is 30.5 Å². The molecule has 0 aromatic heterocycles. The SMILES string of the molecule is CCc1cccc(/C=C/C(C)=O)c1. The van der Waals surface area contributed by atoms with Crippen LogP contribution >= 0.6 is 0 Å². The average Bonchev–Trinajstić information content (AvgIpc) is 2.15. The third-order valence-electron chi connectivity index (χ3n) is 1.87. The van der Waals surface area contributed by atoms with Crippen LogP contribution in [-0.4, -0.2) is 5.78 Å². The standard InChI is InChI=1S/C12H14O/c1-3-11-5-4-6-12(9-11)8-7-10(2)13/h4-9H,3H2,1-2H3/b8-7+. The summed E-state index contributed by atoms with van der Waals surface area (Å²) >= 11 is 0. The zero-order valence-electron chi connectivity index (χ0n) is 8.08. The van der Waals surface area contributed by atoms with Gasteiger partial charge in [-0.2, -0.15) is 0 Å². The Bertz CT molecular complexity index is 324. The van der Waals surface area contributed by atoms with Crippen LogP contribution in [0.5, 0.6) is 0 Å². The van der Waals surface area contributed by atoms with E-state index in [1.54, 1.807) is 13.0 Å². The molecule has 0 saturated carbocycles. The second-order valence-corrected chi connectivity index (χ2v) is 3.04. The summed E-state index contributed by atoms with van der Waals surface area (Å²) in [5.41, 5.74) is 2.39. The summed E-state index contributed by atoms with van der Waals surface area (Å²) in [4.78, 5) is 10.7. The van der Waals surface area contributed by atoms with Crippen molar-refractivity contribution in [2.24, 2.45) is 0 Å². The number of benzene rings is 1. The summed E-state index contributed by atoms with van der Waals surface area (Å²) in [6.45, 7) is 3.67. The van der Waals surface area contributed by atoms with Crippen molar-refractivity contribution < 1.29 is 4.79 Å². The Hall–Kier alpha value is -1.37. The summed E-state index contributed by atoms with van der Waals surface area (Å²) in [5, 5.41) is 0. The number of allylic oxidation sites excluding steroid dienone is 1. The van der Waals surface area contributed by atoms with E-state index in [0.29, 0.717) is 0 Å². The zero-order valence-corrected chi connectivity index (χ0v) is 8.08. The monoisotopic (exact) mass is 174 g/mol. The molecule has 68 valence electrons. The topological polar surface area (TPSA) is 17.1 Å². The molecule has 1 aromatic rings. The van der Waals surface area contributed by atoms with Crippen LogP contribution in [0.1, 0.15) is 25.0 Å². The van der Waals surface area contributed by atoms with Crippen molar-refractivity contribution in [2.75, 3.05) is 0 Å². The molecular formula is C12H14O. The third kappa shape index (κ3) is 3.24. The summed E-state index contributed by atoms with van der Waals surface area (Å²) in [6.07, 6.45) is 4.47. The molecular weight excluding hydrogens is 160 g/mol. The summed E-state index contributed by atoms with van der Waals surface area (Å²) < 4.78 is 0. The summed E-state index contributed by atoms with van der Waals surface area (Å²) in [7, 11) is 0. The quantitative estimate of drug-likeness (QED) is 0.644. The Balaban J connectivity index is 2.83. The molecule has 13 heavy (non-hydrogen) atoms. The Morgan fingerprint density at radius 1 is 1.46 bits per heavy atom. The van der Waals surface area contributed by atoms with E-state index in [2.05, 4.69) is 19.1 Å². The highest BCUT2D eigenvalue weighted by atomic mass is 16.1. The van der Waals surface area contributed by atoms with Crippen LogP contribution in [0.2, 0.25) is 0 Å². The lowest BCUT2D eigenvalue weighted by Crippen LogP contribution is -1.82. The van der Waals surface area contributed by atoms with Gasteiger partial charge >= 0.3 is 0 Å². The molecule has 0 atom stereocenters. The molecule has 0 bridgehead atoms. The molecule has 1 nitrogen and oxygen atoms in total. The second-order valence-electron chi connectivity index (χ2n) is 3.04. The van der Waals surface area contributed by atoms with Crippen LogP contribution < -0.4 is 0 Å². The molecule has 0 radical (unpaired) electrons. The third-order valence-corrected chi connectivity index (χ3v) is 1.87. The van der Waals surface area contributed by atoms with Gasteiger partial charge in [0.2, 0.25) is 0 Å². The number of rotatable bonds is 3. The van der Waals surface area contributed by atoms with Gasteiger partial charge in [0, 0.05) is 0 Å². The highest BCUT2D eigenvalue weighted by Crippen LogP contribution is 2.07. The highest BCUT2D eigenvalue weighted by Gasteiger charge is 1.90. The fourth-order valence-corrected chi connectivity index (χ4v) is 1.13. The minimum absolute atomic E-state index is 0.0851. The molecule has 0 saturated heterocycles. The Morgan fingerprint density at radius 2 is 2.23 bits per heavy atom. The number of hydrogen-bond donors (Lipinski definition) is 0. The first-order chi connectivity index (χ1) is 6.22. The molecule has 0 aliphatic carbocycles. The van der Waals surface area contributed by atoms with Crippen molar-refractivity contribution in [3.8, 4) is 0 Å². The molecule has 0 spiro atoms. The molecule has 0 fully saturated rings. The molecule has 0 aliphatic heterocycles. The average molecular weight is 174 g/mol. The number of hydrogen-bond acceptors (Lipinski definition) is 1. The molecule has 0 N–H and O–H groups in total. The predicted molar refractivity (Wildman–Crippen MR) is 55.5 cm³/mol. The first-order valence-corrected chi connectivity index (χ1v) is 4.50. The predicted octanol–water partition coefficient (Wildman–Crippen LogP) is 2.85. The Morgan fingerprint density at radius 3 is 2.85 bits per heavy atom. The Kier molecular flexibility index (Phi) is 3.44. The fourth-order valence-electron chi connectivity index (χ4n) is 1.13. The molecule has 1 aromatic carbocycles. The van der Waals surface area contributed by atoms with Crippen LogP contribution in [0.4, 0.5) is 0 Å². The highest BCUT2D eigenvalue weighted by molar-refractivity contribution is 5.91. The first-order valence-electron chi connectivity index (χ1n) is 4.50.